The lowest BCUT2D eigenvalue weighted by Crippen LogP contribution is -2.38. The maximum atomic E-state index is 12.4. The highest BCUT2D eigenvalue weighted by molar-refractivity contribution is 5.94. The first-order valence-electron chi connectivity index (χ1n) is 8.66. The molecule has 10 heteroatoms. The molecular formula is C20H17N4O6+. The number of benzene rings is 1. The molecule has 0 atom stereocenters. The van der Waals surface area contributed by atoms with Gasteiger partial charge in [-0.1, -0.05) is 12.1 Å². The van der Waals surface area contributed by atoms with Gasteiger partial charge in [-0.2, -0.15) is 4.57 Å². The molecule has 0 fully saturated rings. The Morgan fingerprint density at radius 3 is 2.37 bits per heavy atom. The zero-order valence-electron chi connectivity index (χ0n) is 15.9. The zero-order valence-corrected chi connectivity index (χ0v) is 15.9. The average molecular weight is 409 g/mol. The predicted octanol–water partition coefficient (Wildman–Crippen LogP) is 2.79. The molecule has 3 rings (SSSR count). The lowest BCUT2D eigenvalue weighted by atomic mass is 10.1. The highest BCUT2D eigenvalue weighted by Crippen LogP contribution is 2.32. The number of aromatic carboxylic acids is 2. The maximum Gasteiger partial charge on any atom is 0.341 e. The van der Waals surface area contributed by atoms with E-state index < -0.39 is 23.4 Å². The van der Waals surface area contributed by atoms with E-state index in [1.165, 1.54) is 42.1 Å². The fraction of sp³-hybridized carbons (Fsp3) is 0.100. The lowest BCUT2D eigenvalue weighted by Gasteiger charge is -2.06. The van der Waals surface area contributed by atoms with Crippen molar-refractivity contribution in [3.05, 3.63) is 75.3 Å². The number of carboxylic acid groups (broad SMARTS) is 2. The van der Waals surface area contributed by atoms with Crippen LogP contribution in [0.1, 0.15) is 31.8 Å². The number of azo groups is 1. The van der Waals surface area contributed by atoms with Gasteiger partial charge >= 0.3 is 17.5 Å². The molecule has 152 valence electrons. The lowest BCUT2D eigenvalue weighted by molar-refractivity contribution is -0.597. The number of hydrogen-bond acceptors (Lipinski definition) is 6. The van der Waals surface area contributed by atoms with Crippen LogP contribution in [0.15, 0.2) is 57.7 Å². The Kier molecular flexibility index (Phi) is 5.41. The van der Waals surface area contributed by atoms with E-state index in [0.29, 0.717) is 5.56 Å². The highest BCUT2D eigenvalue weighted by atomic mass is 16.4. The summed E-state index contributed by atoms with van der Waals surface area (Å²) < 4.78 is 1.30. The molecule has 4 N–H and O–H groups in total. The molecule has 0 aliphatic carbocycles. The van der Waals surface area contributed by atoms with E-state index in [0.717, 1.165) is 0 Å². The number of aryl methyl sites for hydroxylation is 1. The molecule has 2 aromatic heterocycles. The number of aromatic hydroxyl groups is 1. The van der Waals surface area contributed by atoms with Crippen LogP contribution in [0.3, 0.4) is 0 Å². The second-order valence-corrected chi connectivity index (χ2v) is 6.41. The molecule has 0 aliphatic heterocycles. The van der Waals surface area contributed by atoms with Gasteiger partial charge in [-0.15, -0.1) is 10.2 Å². The largest absolute Gasteiger partial charge is 0.493 e. The minimum absolute atomic E-state index is 0.0353. The molecule has 0 spiro atoms. The Labute approximate surface area is 169 Å². The number of carbonyl (C=O) groups is 2. The summed E-state index contributed by atoms with van der Waals surface area (Å²) in [6, 6.07) is 7.45. The molecule has 1 aromatic carbocycles. The predicted molar refractivity (Wildman–Crippen MR) is 104 cm³/mol. The third-order valence-corrected chi connectivity index (χ3v) is 4.41. The van der Waals surface area contributed by atoms with Crippen LogP contribution >= 0.6 is 0 Å². The molecule has 0 aliphatic rings. The van der Waals surface area contributed by atoms with Gasteiger partial charge in [0.1, 0.15) is 11.3 Å². The van der Waals surface area contributed by atoms with E-state index in [1.54, 1.807) is 19.1 Å². The van der Waals surface area contributed by atoms with Crippen molar-refractivity contribution in [3.8, 4) is 11.6 Å². The number of carboxylic acids is 2. The Morgan fingerprint density at radius 2 is 1.70 bits per heavy atom. The van der Waals surface area contributed by atoms with E-state index in [9.17, 15) is 29.7 Å². The SMILES string of the molecule is Cc1cccc(C(=O)O)c1/N=N/c1c(O)[nH]c(=O)c(-[n+]2cccc(C(=O)O)c2)c1C. The summed E-state index contributed by atoms with van der Waals surface area (Å²) in [6.07, 6.45) is 2.73. The number of aromatic amines is 1. The molecule has 0 bridgehead atoms. The standard InChI is InChI=1S/C20H16N4O6/c1-10-5-3-7-13(20(29)30)14(10)22-23-15-11(2)16(18(26)21-17(15)25)24-8-4-6-12(9-24)19(27)28/h3-9H,1-2H3,(H3-,21,22,25,26,27,28,29,30)/p+1. The Bertz CT molecular complexity index is 1260. The topological polar surface area (TPSA) is 156 Å². The number of pyridine rings is 2. The summed E-state index contributed by atoms with van der Waals surface area (Å²) in [6.45, 7) is 3.17. The van der Waals surface area contributed by atoms with Crippen molar-refractivity contribution in [1.82, 2.24) is 4.98 Å². The van der Waals surface area contributed by atoms with Crippen molar-refractivity contribution in [1.29, 1.82) is 0 Å². The quantitative estimate of drug-likeness (QED) is 0.375. The third-order valence-electron chi connectivity index (χ3n) is 4.41. The van der Waals surface area contributed by atoms with Crippen molar-refractivity contribution < 1.29 is 29.5 Å². The summed E-state index contributed by atoms with van der Waals surface area (Å²) >= 11 is 0. The van der Waals surface area contributed by atoms with Crippen molar-refractivity contribution in [2.45, 2.75) is 13.8 Å². The molecule has 30 heavy (non-hydrogen) atoms. The van der Waals surface area contributed by atoms with Crippen LogP contribution in [0, 0.1) is 13.8 Å². The molecule has 0 amide bonds. The van der Waals surface area contributed by atoms with Crippen LogP contribution in [-0.2, 0) is 0 Å². The summed E-state index contributed by atoms with van der Waals surface area (Å²) in [7, 11) is 0. The molecule has 3 aromatic rings. The summed E-state index contributed by atoms with van der Waals surface area (Å²) in [4.78, 5) is 37.4. The van der Waals surface area contributed by atoms with Crippen molar-refractivity contribution in [3.63, 3.8) is 0 Å². The van der Waals surface area contributed by atoms with Gasteiger partial charge in [-0.05, 0) is 31.5 Å². The first-order valence-corrected chi connectivity index (χ1v) is 8.66. The summed E-state index contributed by atoms with van der Waals surface area (Å²) in [5, 5.41) is 36.7. The minimum atomic E-state index is -1.18. The average Bonchev–Trinajstić information content (AvgIpc) is 2.68. The minimum Gasteiger partial charge on any atom is -0.493 e. The molecule has 0 radical (unpaired) electrons. The van der Waals surface area contributed by atoms with E-state index in [-0.39, 0.29) is 33.8 Å². The third kappa shape index (κ3) is 3.78. The van der Waals surface area contributed by atoms with E-state index >= 15 is 0 Å². The number of nitrogens with one attached hydrogen (secondary N) is 1. The number of rotatable bonds is 5. The molecular weight excluding hydrogens is 392 g/mol. The number of hydrogen-bond donors (Lipinski definition) is 4. The fourth-order valence-electron chi connectivity index (χ4n) is 2.92. The van der Waals surface area contributed by atoms with Gasteiger partial charge in [0.15, 0.2) is 18.1 Å². The Balaban J connectivity index is 2.18. The molecule has 0 saturated heterocycles. The second-order valence-electron chi connectivity index (χ2n) is 6.41. The van der Waals surface area contributed by atoms with E-state index in [1.807, 2.05) is 0 Å². The smallest absolute Gasteiger partial charge is 0.341 e. The second kappa shape index (κ2) is 7.95. The van der Waals surface area contributed by atoms with E-state index in [2.05, 4.69) is 15.2 Å². The van der Waals surface area contributed by atoms with Crippen LogP contribution in [-0.4, -0.2) is 32.2 Å². The Hall–Kier alpha value is -4.34. The zero-order chi connectivity index (χ0) is 22.0. The highest BCUT2D eigenvalue weighted by Gasteiger charge is 2.23. The van der Waals surface area contributed by atoms with Gasteiger partial charge in [0.05, 0.1) is 11.1 Å². The first kappa shape index (κ1) is 20.4. The summed E-state index contributed by atoms with van der Waals surface area (Å²) in [5.41, 5.74) is 0.0609. The van der Waals surface area contributed by atoms with Gasteiger partial charge < -0.3 is 15.3 Å². The molecule has 2 heterocycles. The number of nitrogens with zero attached hydrogens (tertiary/aromatic N) is 3. The summed E-state index contributed by atoms with van der Waals surface area (Å²) in [5.74, 6) is -2.90. The van der Waals surface area contributed by atoms with Gasteiger partial charge in [0.25, 0.3) is 5.69 Å². The van der Waals surface area contributed by atoms with Crippen molar-refractivity contribution in [2.24, 2.45) is 10.2 Å². The molecule has 0 saturated carbocycles. The number of H-pyrrole nitrogens is 1. The van der Waals surface area contributed by atoms with Crippen molar-refractivity contribution >= 4 is 23.3 Å². The molecule has 10 nitrogen and oxygen atoms in total. The normalized spacial score (nSPS) is 11.0. The van der Waals surface area contributed by atoms with Crippen LogP contribution in [0.5, 0.6) is 5.88 Å². The fourth-order valence-corrected chi connectivity index (χ4v) is 2.92. The van der Waals surface area contributed by atoms with Crippen LogP contribution < -0.4 is 10.1 Å². The maximum absolute atomic E-state index is 12.4. The van der Waals surface area contributed by atoms with Gasteiger partial charge in [-0.3, -0.25) is 9.78 Å². The number of aromatic nitrogens is 2. The van der Waals surface area contributed by atoms with Gasteiger partial charge in [0, 0.05) is 6.07 Å². The monoisotopic (exact) mass is 409 g/mol. The first-order chi connectivity index (χ1) is 14.2. The Morgan fingerprint density at radius 1 is 1.00 bits per heavy atom. The van der Waals surface area contributed by atoms with E-state index in [4.69, 9.17) is 0 Å². The van der Waals surface area contributed by atoms with Crippen molar-refractivity contribution in [2.75, 3.05) is 0 Å². The van der Waals surface area contributed by atoms with Crippen LogP contribution in [0.2, 0.25) is 0 Å². The van der Waals surface area contributed by atoms with Gasteiger partial charge in [-0.25, -0.2) is 9.59 Å². The van der Waals surface area contributed by atoms with Crippen LogP contribution in [0.4, 0.5) is 11.4 Å². The van der Waals surface area contributed by atoms with Crippen LogP contribution in [0.25, 0.3) is 5.69 Å². The molecule has 0 unspecified atom stereocenters. The van der Waals surface area contributed by atoms with Gasteiger partial charge in [0.2, 0.25) is 5.88 Å².